The van der Waals surface area contributed by atoms with Crippen LogP contribution >= 0.6 is 11.6 Å². The minimum absolute atomic E-state index is 0.382. The number of methoxy groups -OCH3 is 1. The number of hydrogen-bond acceptors (Lipinski definition) is 2. The van der Waals surface area contributed by atoms with E-state index in [9.17, 15) is 9.41 Å². The monoisotopic (exact) mass is 264 g/mol. The first-order chi connectivity index (χ1) is 8.61. The minimum Gasteiger partial charge on any atom is -0.495 e. The topological polar surface area (TPSA) is 29.5 Å². The van der Waals surface area contributed by atoms with E-state index in [2.05, 4.69) is 0 Å². The molecule has 0 aliphatic carbocycles. The fourth-order valence-electron chi connectivity index (χ4n) is 1.72. The van der Waals surface area contributed by atoms with Crippen LogP contribution in [0.25, 0.3) is 0 Å². The molecular weight excluding hydrogens is 253 g/mol. The van der Waals surface area contributed by atoms with E-state index in [4.69, 9.17) is 16.3 Å². The van der Waals surface area contributed by atoms with Gasteiger partial charge in [-0.15, -0.1) is 0 Å². The maximum atomic E-state index is 13.1. The summed E-state index contributed by atoms with van der Waals surface area (Å²) >= 11 is 5.91. The lowest BCUT2D eigenvalue weighted by molar-refractivity contribution is 0.415. The summed E-state index contributed by atoms with van der Waals surface area (Å²) < 4.78 is 18.2. The van der Waals surface area contributed by atoms with Crippen molar-refractivity contribution in [3.05, 3.63) is 53.3 Å². The average molecular weight is 264 g/mol. The van der Waals surface area contributed by atoms with Crippen LogP contribution in [0, 0.1) is 5.82 Å². The van der Waals surface area contributed by atoms with Crippen LogP contribution in [0.15, 0.2) is 42.5 Å². The summed E-state index contributed by atoms with van der Waals surface area (Å²) in [6, 6.07) is 10.8. The van der Waals surface area contributed by atoms with Crippen LogP contribution in [0.4, 0.5) is 4.39 Å². The van der Waals surface area contributed by atoms with Crippen molar-refractivity contribution in [2.75, 3.05) is 7.11 Å². The third kappa shape index (κ3) is 2.66. The zero-order chi connectivity index (χ0) is 13.1. The quantitative estimate of drug-likeness (QED) is 0.853. The standard InChI is InChI=1S/C13H11BClFO2/c1-18-13-8-10(5-6-12(13)15)14(17)9-3-2-4-11(16)7-9/h2-8,17H,1H3. The van der Waals surface area contributed by atoms with Gasteiger partial charge in [0.1, 0.15) is 11.6 Å². The van der Waals surface area contributed by atoms with Crippen LogP contribution in [0.3, 0.4) is 0 Å². The zero-order valence-corrected chi connectivity index (χ0v) is 10.5. The molecule has 2 aromatic rings. The fraction of sp³-hybridized carbons (Fsp3) is 0.0769. The molecule has 5 heteroatoms. The summed E-state index contributed by atoms with van der Waals surface area (Å²) in [6.45, 7) is -0.910. The van der Waals surface area contributed by atoms with Crippen LogP contribution in [0.5, 0.6) is 5.75 Å². The van der Waals surface area contributed by atoms with Crippen molar-refractivity contribution in [2.24, 2.45) is 0 Å². The highest BCUT2D eigenvalue weighted by atomic mass is 35.5. The maximum absolute atomic E-state index is 13.1. The van der Waals surface area contributed by atoms with Gasteiger partial charge in [-0.3, -0.25) is 0 Å². The first-order valence-electron chi connectivity index (χ1n) is 5.39. The van der Waals surface area contributed by atoms with E-state index in [0.717, 1.165) is 0 Å². The Morgan fingerprint density at radius 3 is 2.56 bits per heavy atom. The average Bonchev–Trinajstić information content (AvgIpc) is 2.38. The largest absolute Gasteiger partial charge is 0.495 e. The van der Waals surface area contributed by atoms with Gasteiger partial charge in [0.05, 0.1) is 12.1 Å². The van der Waals surface area contributed by atoms with Crippen molar-refractivity contribution >= 4 is 29.4 Å². The Morgan fingerprint density at radius 1 is 1.17 bits per heavy atom. The maximum Gasteiger partial charge on any atom is 0.359 e. The second kappa shape index (κ2) is 5.42. The van der Waals surface area contributed by atoms with Gasteiger partial charge in [0, 0.05) is 0 Å². The van der Waals surface area contributed by atoms with Crippen molar-refractivity contribution in [1.82, 2.24) is 0 Å². The van der Waals surface area contributed by atoms with Gasteiger partial charge in [-0.1, -0.05) is 29.8 Å². The molecule has 0 amide bonds. The lowest BCUT2D eigenvalue weighted by Crippen LogP contribution is -2.42. The zero-order valence-electron chi connectivity index (χ0n) is 9.73. The number of hydrogen-bond donors (Lipinski definition) is 1. The van der Waals surface area contributed by atoms with E-state index >= 15 is 0 Å². The molecule has 1 N–H and O–H groups in total. The Hall–Kier alpha value is -1.52. The number of halogens is 2. The van der Waals surface area contributed by atoms with Crippen LogP contribution in [-0.2, 0) is 0 Å². The van der Waals surface area contributed by atoms with Crippen LogP contribution in [0.1, 0.15) is 0 Å². The molecule has 0 heterocycles. The summed E-state index contributed by atoms with van der Waals surface area (Å²) in [7, 11) is 1.50. The predicted octanol–water partition coefficient (Wildman–Crippen LogP) is 1.59. The second-order valence-corrected chi connectivity index (χ2v) is 4.26. The number of ether oxygens (including phenoxy) is 1. The molecule has 0 saturated carbocycles. The molecule has 92 valence electrons. The first kappa shape index (κ1) is 12.9. The molecule has 0 unspecified atom stereocenters. The summed E-state index contributed by atoms with van der Waals surface area (Å²) in [5.41, 5.74) is 1.08. The highest BCUT2D eigenvalue weighted by Gasteiger charge is 2.18. The highest BCUT2D eigenvalue weighted by molar-refractivity contribution is 6.79. The summed E-state index contributed by atoms with van der Waals surface area (Å²) in [5, 5.41) is 10.6. The normalized spacial score (nSPS) is 10.2. The molecule has 0 aliphatic rings. The van der Waals surface area contributed by atoms with Crippen molar-refractivity contribution in [3.8, 4) is 5.75 Å². The summed E-state index contributed by atoms with van der Waals surface area (Å²) in [4.78, 5) is 0. The molecule has 0 fully saturated rings. The summed E-state index contributed by atoms with van der Waals surface area (Å²) in [6.07, 6.45) is 0. The second-order valence-electron chi connectivity index (χ2n) is 3.85. The Balaban J connectivity index is 2.36. The minimum atomic E-state index is -0.910. The fourth-order valence-corrected chi connectivity index (χ4v) is 1.91. The van der Waals surface area contributed by atoms with Crippen molar-refractivity contribution in [3.63, 3.8) is 0 Å². The van der Waals surface area contributed by atoms with E-state index in [1.54, 1.807) is 30.3 Å². The highest BCUT2D eigenvalue weighted by Crippen LogP contribution is 2.21. The molecular formula is C13H11BClFO2. The van der Waals surface area contributed by atoms with Crippen molar-refractivity contribution in [1.29, 1.82) is 0 Å². The van der Waals surface area contributed by atoms with Crippen LogP contribution < -0.4 is 15.7 Å². The van der Waals surface area contributed by atoms with Gasteiger partial charge in [-0.05, 0) is 35.2 Å². The lowest BCUT2D eigenvalue weighted by Gasteiger charge is -2.10. The van der Waals surface area contributed by atoms with E-state index in [0.29, 0.717) is 21.7 Å². The van der Waals surface area contributed by atoms with E-state index in [1.807, 2.05) is 0 Å². The molecule has 0 aliphatic heterocycles. The van der Waals surface area contributed by atoms with Crippen molar-refractivity contribution < 1.29 is 14.2 Å². The lowest BCUT2D eigenvalue weighted by atomic mass is 9.56. The number of rotatable bonds is 3. The summed E-state index contributed by atoms with van der Waals surface area (Å²) in [5.74, 6) is 0.0945. The van der Waals surface area contributed by atoms with E-state index in [-0.39, 0.29) is 5.82 Å². The van der Waals surface area contributed by atoms with Gasteiger partial charge in [-0.2, -0.15) is 0 Å². The van der Waals surface area contributed by atoms with Crippen LogP contribution in [0.2, 0.25) is 5.02 Å². The predicted molar refractivity (Wildman–Crippen MR) is 71.6 cm³/mol. The third-order valence-corrected chi connectivity index (χ3v) is 2.97. The van der Waals surface area contributed by atoms with Gasteiger partial charge >= 0.3 is 6.92 Å². The first-order valence-corrected chi connectivity index (χ1v) is 5.76. The van der Waals surface area contributed by atoms with Crippen molar-refractivity contribution in [2.45, 2.75) is 0 Å². The van der Waals surface area contributed by atoms with Gasteiger partial charge < -0.3 is 9.76 Å². The van der Waals surface area contributed by atoms with E-state index in [1.165, 1.54) is 19.2 Å². The molecule has 2 aromatic carbocycles. The molecule has 18 heavy (non-hydrogen) atoms. The van der Waals surface area contributed by atoms with Crippen LogP contribution in [-0.4, -0.2) is 19.0 Å². The van der Waals surface area contributed by atoms with Gasteiger partial charge in [-0.25, -0.2) is 4.39 Å². The van der Waals surface area contributed by atoms with E-state index < -0.39 is 6.92 Å². The molecule has 0 atom stereocenters. The van der Waals surface area contributed by atoms with Gasteiger partial charge in [0.15, 0.2) is 0 Å². The Labute approximate surface area is 110 Å². The third-order valence-electron chi connectivity index (χ3n) is 2.66. The molecule has 0 spiro atoms. The van der Waals surface area contributed by atoms with Gasteiger partial charge in [0.25, 0.3) is 0 Å². The molecule has 2 rings (SSSR count). The smallest absolute Gasteiger partial charge is 0.359 e. The Morgan fingerprint density at radius 2 is 1.89 bits per heavy atom. The molecule has 0 radical (unpaired) electrons. The van der Waals surface area contributed by atoms with Gasteiger partial charge in [0.2, 0.25) is 0 Å². The number of benzene rings is 2. The molecule has 0 bridgehead atoms. The molecule has 0 aromatic heterocycles. The molecule has 2 nitrogen and oxygen atoms in total. The Kier molecular flexibility index (Phi) is 3.89. The SMILES string of the molecule is COc1cc(B(O)c2cccc(F)c2)ccc1Cl. The molecule has 0 saturated heterocycles. The Bertz CT molecular complexity index is 562.